The molecule has 0 spiro atoms. The molecular formula is C32H40FN3O7. The summed E-state index contributed by atoms with van der Waals surface area (Å²) in [5.41, 5.74) is 1.81. The Morgan fingerprint density at radius 3 is 2.44 bits per heavy atom. The zero-order valence-corrected chi connectivity index (χ0v) is 24.9. The Balaban J connectivity index is 1.33. The van der Waals surface area contributed by atoms with Crippen molar-refractivity contribution >= 4 is 23.2 Å². The molecule has 6 aliphatic carbocycles. The molecular weight excluding hydrogens is 557 g/mol. The van der Waals surface area contributed by atoms with E-state index >= 15 is 4.39 Å². The van der Waals surface area contributed by atoms with E-state index in [1.165, 1.54) is 37.9 Å². The van der Waals surface area contributed by atoms with Crippen molar-refractivity contribution in [1.82, 2.24) is 10.2 Å². The summed E-state index contributed by atoms with van der Waals surface area (Å²) in [5.74, 6) is -6.24. The standard InChI is InChI=1S/C32H40FN3O7/c1-31(2)16-6-5-13(18(31)10-16)11-35-12-15-9-20(37)22-17(24(15)33)7-14-8-19-25(36(3)4)27(39)23(30(34)42)29(41)32(19,43)28(40)21(14)26(22)38/h9,13-14,16,18-19,25,35,37-38,41,43H,5-8,10-12H2,1-4H3,(H2,34,42)/t13-,14+,16?,18?,19+,25+,32+/m1/s1. The summed E-state index contributed by atoms with van der Waals surface area (Å²) in [5, 5.41) is 48.2. The van der Waals surface area contributed by atoms with Crippen LogP contribution in [-0.2, 0) is 27.3 Å². The highest BCUT2D eigenvalue weighted by Gasteiger charge is 2.64. The molecule has 1 amide bonds. The average Bonchev–Trinajstić information content (AvgIpc) is 2.92. The molecule has 0 radical (unpaired) electrons. The third kappa shape index (κ3) is 4.04. The number of aromatic hydroxyl groups is 1. The molecule has 6 aliphatic rings. The van der Waals surface area contributed by atoms with E-state index in [0.29, 0.717) is 17.3 Å². The number of phenols is 1. The number of Topliss-reactive ketones (excluding diaryl/α,β-unsaturated/α-hetero) is 2. The molecule has 0 heterocycles. The minimum atomic E-state index is -2.73. The number of hydrogen-bond donors (Lipinski definition) is 6. The van der Waals surface area contributed by atoms with Crippen molar-refractivity contribution in [2.75, 3.05) is 20.6 Å². The number of fused-ring (bicyclic) bond motifs is 5. The number of halogens is 1. The Kier molecular flexibility index (Phi) is 6.83. The van der Waals surface area contributed by atoms with Gasteiger partial charge in [0.25, 0.3) is 5.91 Å². The van der Waals surface area contributed by atoms with Gasteiger partial charge >= 0.3 is 0 Å². The Morgan fingerprint density at radius 1 is 1.14 bits per heavy atom. The highest BCUT2D eigenvalue weighted by molar-refractivity contribution is 6.24. The average molecular weight is 598 g/mol. The Morgan fingerprint density at radius 2 is 1.84 bits per heavy atom. The van der Waals surface area contributed by atoms with E-state index in [2.05, 4.69) is 19.2 Å². The summed E-state index contributed by atoms with van der Waals surface area (Å²) < 4.78 is 16.0. The van der Waals surface area contributed by atoms with Gasteiger partial charge in [-0.25, -0.2) is 4.39 Å². The molecule has 4 fully saturated rings. The molecule has 1 aromatic carbocycles. The molecule has 7 rings (SSSR count). The third-order valence-electron chi connectivity index (χ3n) is 11.5. The molecule has 11 heteroatoms. The Bertz CT molecular complexity index is 1510. The number of aliphatic hydroxyl groups is 3. The first-order valence-electron chi connectivity index (χ1n) is 15.0. The number of hydrogen-bond acceptors (Lipinski definition) is 9. The van der Waals surface area contributed by atoms with Crippen LogP contribution in [0.2, 0.25) is 0 Å². The van der Waals surface area contributed by atoms with Crippen molar-refractivity contribution in [1.29, 1.82) is 0 Å². The first kappa shape index (κ1) is 29.8. The largest absolute Gasteiger partial charge is 0.508 e. The number of benzene rings is 1. The van der Waals surface area contributed by atoms with Gasteiger partial charge < -0.3 is 31.5 Å². The second-order valence-electron chi connectivity index (χ2n) is 14.0. The maximum absolute atomic E-state index is 16.0. The fourth-order valence-electron chi connectivity index (χ4n) is 9.07. The summed E-state index contributed by atoms with van der Waals surface area (Å²) >= 11 is 0. The predicted molar refractivity (Wildman–Crippen MR) is 154 cm³/mol. The summed E-state index contributed by atoms with van der Waals surface area (Å²) in [4.78, 5) is 40.6. The van der Waals surface area contributed by atoms with Gasteiger partial charge in [-0.05, 0) is 87.9 Å². The number of nitrogens with one attached hydrogen (secondary N) is 1. The monoisotopic (exact) mass is 597 g/mol. The number of rotatable bonds is 6. The van der Waals surface area contributed by atoms with Crippen LogP contribution in [-0.4, -0.2) is 75.1 Å². The normalized spacial score (nSPS) is 34.5. The van der Waals surface area contributed by atoms with Gasteiger partial charge in [0.15, 0.2) is 11.4 Å². The number of amides is 1. The van der Waals surface area contributed by atoms with Crippen LogP contribution in [0.1, 0.15) is 56.2 Å². The van der Waals surface area contributed by atoms with Gasteiger partial charge in [0.2, 0.25) is 5.78 Å². The molecule has 43 heavy (non-hydrogen) atoms. The van der Waals surface area contributed by atoms with Crippen LogP contribution >= 0.6 is 0 Å². The van der Waals surface area contributed by atoms with Gasteiger partial charge in [-0.3, -0.25) is 19.3 Å². The molecule has 0 saturated heterocycles. The summed E-state index contributed by atoms with van der Waals surface area (Å²) in [6.07, 6.45) is 3.40. The van der Waals surface area contributed by atoms with Crippen molar-refractivity contribution in [2.24, 2.45) is 40.7 Å². The number of likely N-dealkylation sites (N-methyl/N-ethyl adjacent to an activating group) is 1. The Hall–Kier alpha value is -3.28. The summed E-state index contributed by atoms with van der Waals surface area (Å²) in [7, 11) is 3.06. The predicted octanol–water partition coefficient (Wildman–Crippen LogP) is 2.27. The van der Waals surface area contributed by atoms with Crippen LogP contribution in [0, 0.1) is 40.8 Å². The number of nitrogens with zero attached hydrogens (tertiary/aromatic N) is 1. The first-order chi connectivity index (χ1) is 20.1. The van der Waals surface area contributed by atoms with E-state index in [-0.39, 0.29) is 41.6 Å². The fraction of sp³-hybridized carbons (Fsp3) is 0.594. The molecule has 10 nitrogen and oxygen atoms in total. The summed E-state index contributed by atoms with van der Waals surface area (Å²) in [6.45, 7) is 5.55. The molecule has 4 saturated carbocycles. The zero-order chi connectivity index (χ0) is 31.3. The van der Waals surface area contributed by atoms with Crippen molar-refractivity contribution in [3.8, 4) is 5.75 Å². The van der Waals surface area contributed by atoms with Gasteiger partial charge in [0, 0.05) is 29.2 Å². The highest BCUT2D eigenvalue weighted by Crippen LogP contribution is 2.61. The minimum Gasteiger partial charge on any atom is -0.508 e. The second-order valence-corrected chi connectivity index (χ2v) is 14.0. The number of aliphatic hydroxyl groups excluding tert-OH is 2. The first-order valence-corrected chi connectivity index (χ1v) is 15.0. The molecule has 7 atom stereocenters. The summed E-state index contributed by atoms with van der Waals surface area (Å²) in [6, 6.07) is 0.0407. The number of carbonyl (C=O) groups excluding carboxylic acids is 3. The Labute approximate surface area is 249 Å². The van der Waals surface area contributed by atoms with Crippen molar-refractivity contribution < 1.29 is 39.2 Å². The zero-order valence-electron chi connectivity index (χ0n) is 24.9. The van der Waals surface area contributed by atoms with Crippen molar-refractivity contribution in [2.45, 2.75) is 64.1 Å². The van der Waals surface area contributed by atoms with E-state index in [1.54, 1.807) is 0 Å². The maximum Gasteiger partial charge on any atom is 0.255 e. The number of ketones is 2. The van der Waals surface area contributed by atoms with Crippen LogP contribution in [0.25, 0.3) is 5.76 Å². The lowest BCUT2D eigenvalue weighted by Gasteiger charge is -2.60. The van der Waals surface area contributed by atoms with Crippen LogP contribution in [0.3, 0.4) is 0 Å². The van der Waals surface area contributed by atoms with Crippen LogP contribution in [0.5, 0.6) is 5.75 Å². The van der Waals surface area contributed by atoms with E-state index < -0.39 is 69.6 Å². The van der Waals surface area contributed by atoms with Crippen molar-refractivity contribution in [3.05, 3.63) is 45.5 Å². The van der Waals surface area contributed by atoms with Crippen molar-refractivity contribution in [3.63, 3.8) is 0 Å². The molecule has 2 bridgehead atoms. The number of phenolic OH excluding ortho intramolecular Hbond substituents is 1. The van der Waals surface area contributed by atoms with Gasteiger partial charge in [-0.15, -0.1) is 0 Å². The molecule has 232 valence electrons. The van der Waals surface area contributed by atoms with E-state index in [1.807, 2.05) is 0 Å². The third-order valence-corrected chi connectivity index (χ3v) is 11.5. The van der Waals surface area contributed by atoms with Crippen LogP contribution in [0.15, 0.2) is 23.0 Å². The molecule has 0 aliphatic heterocycles. The van der Waals surface area contributed by atoms with Crippen LogP contribution < -0.4 is 11.1 Å². The molecule has 0 aromatic heterocycles. The SMILES string of the molecule is CN(C)[C@@H]1C(=O)C(C(N)=O)=C(O)[C@@]2(O)C(=O)C3=C(O)c4c(O)cc(CNC[C@H]5CCC6CC5C6(C)C)c(F)c4C[C@H]3C[C@@H]12. The topological polar surface area (TPSA) is 173 Å². The molecule has 1 aromatic rings. The number of primary amides is 1. The fourth-order valence-corrected chi connectivity index (χ4v) is 9.07. The lowest BCUT2D eigenvalue weighted by molar-refractivity contribution is -0.153. The lowest BCUT2D eigenvalue weighted by atomic mass is 9.45. The second kappa shape index (κ2) is 9.87. The van der Waals surface area contributed by atoms with Gasteiger partial charge in [-0.2, -0.15) is 0 Å². The van der Waals surface area contributed by atoms with E-state index in [0.717, 1.165) is 18.9 Å². The molecule has 7 N–H and O–H groups in total. The quantitative estimate of drug-likeness (QED) is 0.269. The lowest BCUT2D eigenvalue weighted by Crippen LogP contribution is -2.65. The highest BCUT2D eigenvalue weighted by atomic mass is 19.1. The van der Waals surface area contributed by atoms with Crippen LogP contribution in [0.4, 0.5) is 4.39 Å². The van der Waals surface area contributed by atoms with Gasteiger partial charge in [0.05, 0.1) is 11.6 Å². The van der Waals surface area contributed by atoms with Gasteiger partial charge in [0.1, 0.15) is 28.7 Å². The van der Waals surface area contributed by atoms with Gasteiger partial charge in [-0.1, -0.05) is 13.8 Å². The van der Waals surface area contributed by atoms with E-state index in [4.69, 9.17) is 5.73 Å². The smallest absolute Gasteiger partial charge is 0.255 e. The molecule has 2 unspecified atom stereocenters. The number of nitrogens with two attached hydrogens (primary N) is 1. The van der Waals surface area contributed by atoms with E-state index in [9.17, 15) is 34.8 Å². The minimum absolute atomic E-state index is 0.0445. The maximum atomic E-state index is 16.0. The number of carbonyl (C=O) groups is 3.